The minimum absolute atomic E-state index is 0.427. The first kappa shape index (κ1) is 12.1. The summed E-state index contributed by atoms with van der Waals surface area (Å²) >= 11 is 0. The van der Waals surface area contributed by atoms with E-state index in [0.29, 0.717) is 18.0 Å². The molecule has 1 rings (SSSR count). The SMILES string of the molecule is CCC(C(C)C)n1ccnc1NC(C)C. The van der Waals surface area contributed by atoms with Crippen molar-refractivity contribution in [1.82, 2.24) is 9.55 Å². The van der Waals surface area contributed by atoms with Crippen molar-refractivity contribution in [3.8, 4) is 0 Å². The van der Waals surface area contributed by atoms with E-state index in [-0.39, 0.29) is 0 Å². The molecule has 0 fully saturated rings. The zero-order chi connectivity index (χ0) is 11.4. The predicted molar refractivity (Wildman–Crippen MR) is 65.2 cm³/mol. The first-order valence-corrected chi connectivity index (χ1v) is 5.85. The fraction of sp³-hybridized carbons (Fsp3) is 0.750. The van der Waals surface area contributed by atoms with Crippen LogP contribution < -0.4 is 5.32 Å². The lowest BCUT2D eigenvalue weighted by molar-refractivity contribution is 0.368. The van der Waals surface area contributed by atoms with E-state index < -0.39 is 0 Å². The molecule has 1 N–H and O–H groups in total. The Hall–Kier alpha value is -0.990. The van der Waals surface area contributed by atoms with E-state index in [1.54, 1.807) is 0 Å². The van der Waals surface area contributed by atoms with Gasteiger partial charge < -0.3 is 9.88 Å². The molecule has 0 aromatic carbocycles. The van der Waals surface area contributed by atoms with Crippen LogP contribution in [0.25, 0.3) is 0 Å². The molecule has 0 amide bonds. The first-order chi connectivity index (χ1) is 7.06. The summed E-state index contributed by atoms with van der Waals surface area (Å²) in [6.45, 7) is 11.0. The van der Waals surface area contributed by atoms with Gasteiger partial charge in [-0.2, -0.15) is 0 Å². The predicted octanol–water partition coefficient (Wildman–Crippen LogP) is 3.31. The van der Waals surface area contributed by atoms with Gasteiger partial charge in [0.15, 0.2) is 0 Å². The van der Waals surface area contributed by atoms with E-state index >= 15 is 0 Å². The fourth-order valence-electron chi connectivity index (χ4n) is 1.94. The van der Waals surface area contributed by atoms with Crippen molar-refractivity contribution >= 4 is 5.95 Å². The van der Waals surface area contributed by atoms with Crippen molar-refractivity contribution in [2.75, 3.05) is 5.32 Å². The minimum Gasteiger partial charge on any atom is -0.353 e. The van der Waals surface area contributed by atoms with Crippen molar-refractivity contribution < 1.29 is 0 Å². The summed E-state index contributed by atoms with van der Waals surface area (Å²) in [6, 6.07) is 0.963. The van der Waals surface area contributed by atoms with Gasteiger partial charge in [-0.05, 0) is 26.2 Å². The Morgan fingerprint density at radius 2 is 2.00 bits per heavy atom. The number of nitrogens with zero attached hydrogens (tertiary/aromatic N) is 2. The molecule has 1 unspecified atom stereocenters. The Morgan fingerprint density at radius 1 is 1.33 bits per heavy atom. The number of hydrogen-bond donors (Lipinski definition) is 1. The van der Waals surface area contributed by atoms with Gasteiger partial charge in [-0.25, -0.2) is 4.98 Å². The Kier molecular flexibility index (Phi) is 4.18. The maximum absolute atomic E-state index is 4.36. The average molecular weight is 209 g/mol. The number of rotatable bonds is 5. The van der Waals surface area contributed by atoms with E-state index in [1.165, 1.54) is 0 Å². The molecule has 1 aromatic heterocycles. The molecule has 0 saturated heterocycles. The van der Waals surface area contributed by atoms with Crippen molar-refractivity contribution in [3.05, 3.63) is 12.4 Å². The van der Waals surface area contributed by atoms with E-state index in [4.69, 9.17) is 0 Å². The van der Waals surface area contributed by atoms with Gasteiger partial charge in [0.05, 0.1) is 0 Å². The third kappa shape index (κ3) is 2.98. The molecular weight excluding hydrogens is 186 g/mol. The van der Waals surface area contributed by atoms with Crippen LogP contribution in [0.2, 0.25) is 0 Å². The zero-order valence-corrected chi connectivity index (χ0v) is 10.5. The van der Waals surface area contributed by atoms with Gasteiger partial charge in [-0.3, -0.25) is 0 Å². The molecule has 0 aliphatic carbocycles. The quantitative estimate of drug-likeness (QED) is 0.806. The first-order valence-electron chi connectivity index (χ1n) is 5.85. The van der Waals surface area contributed by atoms with Crippen LogP contribution in [0.15, 0.2) is 12.4 Å². The van der Waals surface area contributed by atoms with Crippen LogP contribution in [0.5, 0.6) is 0 Å². The molecular formula is C12H23N3. The molecule has 0 aliphatic rings. The molecule has 0 spiro atoms. The van der Waals surface area contributed by atoms with Gasteiger partial charge in [-0.15, -0.1) is 0 Å². The lowest BCUT2D eigenvalue weighted by Gasteiger charge is -2.23. The van der Waals surface area contributed by atoms with Crippen LogP contribution in [-0.2, 0) is 0 Å². The molecule has 0 saturated carbocycles. The molecule has 1 aromatic rings. The lowest BCUT2D eigenvalue weighted by Crippen LogP contribution is -2.20. The summed E-state index contributed by atoms with van der Waals surface area (Å²) in [5.74, 6) is 1.63. The Labute approximate surface area is 92.9 Å². The Morgan fingerprint density at radius 3 is 2.47 bits per heavy atom. The van der Waals surface area contributed by atoms with Crippen LogP contribution in [0.4, 0.5) is 5.95 Å². The van der Waals surface area contributed by atoms with Crippen molar-refractivity contribution in [2.24, 2.45) is 5.92 Å². The Balaban J connectivity index is 2.87. The van der Waals surface area contributed by atoms with Gasteiger partial charge in [0.2, 0.25) is 5.95 Å². The standard InChI is InChI=1S/C12H23N3/c1-6-11(9(2)3)15-8-7-13-12(15)14-10(4)5/h7-11H,6H2,1-5H3,(H,13,14). The van der Waals surface area contributed by atoms with Gasteiger partial charge in [0.25, 0.3) is 0 Å². The molecule has 1 atom stereocenters. The van der Waals surface area contributed by atoms with E-state index in [9.17, 15) is 0 Å². The molecule has 1 heterocycles. The number of aromatic nitrogens is 2. The third-order valence-corrected chi connectivity index (χ3v) is 2.63. The van der Waals surface area contributed by atoms with Gasteiger partial charge in [-0.1, -0.05) is 20.8 Å². The van der Waals surface area contributed by atoms with Gasteiger partial charge >= 0.3 is 0 Å². The average Bonchev–Trinajstić information content (AvgIpc) is 2.53. The third-order valence-electron chi connectivity index (χ3n) is 2.63. The number of imidazole rings is 1. The highest BCUT2D eigenvalue weighted by atomic mass is 15.2. The summed E-state index contributed by atoms with van der Waals surface area (Å²) in [7, 11) is 0. The summed E-state index contributed by atoms with van der Waals surface area (Å²) in [5.41, 5.74) is 0. The maximum Gasteiger partial charge on any atom is 0.203 e. The largest absolute Gasteiger partial charge is 0.353 e. The fourth-order valence-corrected chi connectivity index (χ4v) is 1.94. The summed E-state index contributed by atoms with van der Waals surface area (Å²) < 4.78 is 2.25. The molecule has 3 heteroatoms. The molecule has 3 nitrogen and oxygen atoms in total. The van der Waals surface area contributed by atoms with Crippen molar-refractivity contribution in [1.29, 1.82) is 0 Å². The Bertz CT molecular complexity index is 289. The summed E-state index contributed by atoms with van der Waals surface area (Å²) in [4.78, 5) is 4.36. The van der Waals surface area contributed by atoms with E-state index in [0.717, 1.165) is 12.4 Å². The normalized spacial score (nSPS) is 13.5. The van der Waals surface area contributed by atoms with E-state index in [1.807, 2.05) is 6.20 Å². The molecule has 86 valence electrons. The second-order valence-corrected chi connectivity index (χ2v) is 4.68. The lowest BCUT2D eigenvalue weighted by atomic mass is 10.0. The monoisotopic (exact) mass is 209 g/mol. The highest BCUT2D eigenvalue weighted by molar-refractivity contribution is 5.27. The maximum atomic E-state index is 4.36. The highest BCUT2D eigenvalue weighted by Crippen LogP contribution is 2.24. The molecule has 0 radical (unpaired) electrons. The zero-order valence-electron chi connectivity index (χ0n) is 10.5. The minimum atomic E-state index is 0.427. The topological polar surface area (TPSA) is 29.9 Å². The molecule has 0 bridgehead atoms. The van der Waals surface area contributed by atoms with E-state index in [2.05, 4.69) is 55.7 Å². The number of nitrogens with one attached hydrogen (secondary N) is 1. The van der Waals surface area contributed by atoms with Gasteiger partial charge in [0.1, 0.15) is 0 Å². The van der Waals surface area contributed by atoms with Gasteiger partial charge in [0, 0.05) is 24.5 Å². The molecule has 15 heavy (non-hydrogen) atoms. The summed E-state index contributed by atoms with van der Waals surface area (Å²) in [6.07, 6.45) is 5.08. The highest BCUT2D eigenvalue weighted by Gasteiger charge is 2.16. The van der Waals surface area contributed by atoms with Crippen LogP contribution in [0.3, 0.4) is 0 Å². The van der Waals surface area contributed by atoms with Crippen LogP contribution in [-0.4, -0.2) is 15.6 Å². The number of anilines is 1. The second-order valence-electron chi connectivity index (χ2n) is 4.68. The smallest absolute Gasteiger partial charge is 0.203 e. The van der Waals surface area contributed by atoms with Crippen molar-refractivity contribution in [2.45, 2.75) is 53.1 Å². The number of hydrogen-bond acceptors (Lipinski definition) is 2. The van der Waals surface area contributed by atoms with Crippen LogP contribution in [0, 0.1) is 5.92 Å². The summed E-state index contributed by atoms with van der Waals surface area (Å²) in [5, 5.41) is 3.37. The van der Waals surface area contributed by atoms with Crippen LogP contribution >= 0.6 is 0 Å². The molecule has 0 aliphatic heterocycles. The second kappa shape index (κ2) is 5.19. The van der Waals surface area contributed by atoms with Crippen molar-refractivity contribution in [3.63, 3.8) is 0 Å². The van der Waals surface area contributed by atoms with Crippen LogP contribution in [0.1, 0.15) is 47.1 Å².